The molecular weight excluding hydrogens is 358 g/mol. The van der Waals surface area contributed by atoms with Crippen LogP contribution in [0.25, 0.3) is 0 Å². The summed E-state index contributed by atoms with van der Waals surface area (Å²) in [6.07, 6.45) is 3.29. The number of aliphatic hydroxyl groups excluding tert-OH is 1. The molecule has 0 bridgehead atoms. The predicted molar refractivity (Wildman–Crippen MR) is 86.1 cm³/mol. The third-order valence-corrected chi connectivity index (χ3v) is 4.85. The van der Waals surface area contributed by atoms with Crippen molar-refractivity contribution in [3.05, 3.63) is 22.7 Å². The fraction of sp³-hybridized carbons (Fsp3) is 0.571. The molecule has 7 heteroatoms. The molecule has 21 heavy (non-hydrogen) atoms. The van der Waals surface area contributed by atoms with E-state index in [1.165, 1.54) is 0 Å². The molecule has 120 valence electrons. The van der Waals surface area contributed by atoms with Gasteiger partial charge in [0.25, 0.3) is 0 Å². The molecule has 0 saturated carbocycles. The number of hydrogen-bond donors (Lipinski definition) is 2. The number of unbranched alkanes of at least 4 members (excludes halogenated alkanes) is 3. The molecule has 0 atom stereocenters. The van der Waals surface area contributed by atoms with Crippen molar-refractivity contribution in [3.8, 4) is 5.75 Å². The van der Waals surface area contributed by atoms with Crippen molar-refractivity contribution in [2.24, 2.45) is 0 Å². The minimum Gasteiger partial charge on any atom is -0.492 e. The number of ether oxygens (including phenoxy) is 1. The number of benzene rings is 1. The third kappa shape index (κ3) is 6.34. The summed E-state index contributed by atoms with van der Waals surface area (Å²) in [5.74, 6) is 0.355. The van der Waals surface area contributed by atoms with E-state index in [4.69, 9.17) is 9.84 Å². The van der Waals surface area contributed by atoms with Gasteiger partial charge in [0.2, 0.25) is 10.0 Å². The molecule has 0 heterocycles. The fourth-order valence-corrected chi connectivity index (χ4v) is 3.60. The van der Waals surface area contributed by atoms with Gasteiger partial charge in [-0.2, -0.15) is 0 Å². The van der Waals surface area contributed by atoms with Crippen LogP contribution in [0.5, 0.6) is 5.75 Å². The van der Waals surface area contributed by atoms with Gasteiger partial charge < -0.3 is 9.84 Å². The Labute approximate surface area is 134 Å². The average molecular weight is 380 g/mol. The van der Waals surface area contributed by atoms with Crippen LogP contribution in [0.3, 0.4) is 0 Å². The lowest BCUT2D eigenvalue weighted by molar-refractivity contribution is 0.282. The van der Waals surface area contributed by atoms with Crippen molar-refractivity contribution in [1.29, 1.82) is 0 Å². The number of rotatable bonds is 10. The van der Waals surface area contributed by atoms with Crippen molar-refractivity contribution < 1.29 is 18.3 Å². The second-order valence-electron chi connectivity index (χ2n) is 4.56. The zero-order valence-electron chi connectivity index (χ0n) is 12.1. The van der Waals surface area contributed by atoms with E-state index in [1.54, 1.807) is 18.2 Å². The molecule has 0 aromatic heterocycles. The first-order valence-electron chi connectivity index (χ1n) is 7.04. The summed E-state index contributed by atoms with van der Waals surface area (Å²) in [5.41, 5.74) is 0. The standard InChI is InChI=1S/C14H22BrNO4S/c1-2-20-13-8-7-12(15)11-14(13)21(18,19)16-9-5-3-4-6-10-17/h7-8,11,16-17H,2-6,9-10H2,1H3. The Kier molecular flexibility index (Phi) is 8.24. The van der Waals surface area contributed by atoms with Gasteiger partial charge >= 0.3 is 0 Å². The molecule has 0 aliphatic rings. The second-order valence-corrected chi connectivity index (χ2v) is 7.21. The van der Waals surface area contributed by atoms with Crippen LogP contribution >= 0.6 is 15.9 Å². The lowest BCUT2D eigenvalue weighted by Gasteiger charge is -2.12. The number of sulfonamides is 1. The normalized spacial score (nSPS) is 11.6. The van der Waals surface area contributed by atoms with Gasteiger partial charge in [-0.05, 0) is 38.0 Å². The predicted octanol–water partition coefficient (Wildman–Crippen LogP) is 2.68. The minimum atomic E-state index is -3.58. The maximum atomic E-state index is 12.3. The summed E-state index contributed by atoms with van der Waals surface area (Å²) in [6, 6.07) is 4.93. The maximum absolute atomic E-state index is 12.3. The SMILES string of the molecule is CCOc1ccc(Br)cc1S(=O)(=O)NCCCCCCO. The van der Waals surface area contributed by atoms with Crippen LogP contribution in [0, 0.1) is 0 Å². The Morgan fingerprint density at radius 1 is 1.24 bits per heavy atom. The van der Waals surface area contributed by atoms with Crippen LogP contribution in [0.1, 0.15) is 32.6 Å². The largest absolute Gasteiger partial charge is 0.492 e. The Bertz CT molecular complexity index is 534. The Morgan fingerprint density at radius 2 is 1.95 bits per heavy atom. The molecule has 0 aliphatic carbocycles. The van der Waals surface area contributed by atoms with Gasteiger partial charge in [-0.15, -0.1) is 0 Å². The molecule has 0 fully saturated rings. The quantitative estimate of drug-likeness (QED) is 0.612. The van der Waals surface area contributed by atoms with Gasteiger partial charge in [0.05, 0.1) is 6.61 Å². The Morgan fingerprint density at radius 3 is 2.62 bits per heavy atom. The molecule has 0 radical (unpaired) electrons. The lowest BCUT2D eigenvalue weighted by Crippen LogP contribution is -2.25. The summed E-state index contributed by atoms with van der Waals surface area (Å²) < 4.78 is 33.3. The van der Waals surface area contributed by atoms with E-state index in [0.717, 1.165) is 25.7 Å². The Hall–Kier alpha value is -0.630. The summed E-state index contributed by atoms with van der Waals surface area (Å²) in [4.78, 5) is 0.147. The van der Waals surface area contributed by atoms with Crippen LogP contribution in [0.4, 0.5) is 0 Å². The summed E-state index contributed by atoms with van der Waals surface area (Å²) in [5, 5.41) is 8.68. The summed E-state index contributed by atoms with van der Waals surface area (Å²) in [7, 11) is -3.58. The van der Waals surface area contributed by atoms with Crippen molar-refractivity contribution in [2.75, 3.05) is 19.8 Å². The summed E-state index contributed by atoms with van der Waals surface area (Å²) in [6.45, 7) is 2.78. The van der Waals surface area contributed by atoms with Gasteiger partial charge in [-0.1, -0.05) is 28.8 Å². The zero-order chi connectivity index (χ0) is 15.7. The second kappa shape index (κ2) is 9.40. The van der Waals surface area contributed by atoms with E-state index < -0.39 is 10.0 Å². The smallest absolute Gasteiger partial charge is 0.244 e. The highest BCUT2D eigenvalue weighted by molar-refractivity contribution is 9.10. The Balaban J connectivity index is 2.67. The first kappa shape index (κ1) is 18.4. The third-order valence-electron chi connectivity index (χ3n) is 2.87. The van der Waals surface area contributed by atoms with Gasteiger partial charge in [0.15, 0.2) is 0 Å². The molecule has 0 saturated heterocycles. The molecule has 0 spiro atoms. The van der Waals surface area contributed by atoms with E-state index in [9.17, 15) is 8.42 Å². The molecule has 0 amide bonds. The van der Waals surface area contributed by atoms with Gasteiger partial charge in [-0.3, -0.25) is 0 Å². The topological polar surface area (TPSA) is 75.6 Å². The highest BCUT2D eigenvalue weighted by atomic mass is 79.9. The number of aliphatic hydroxyl groups is 1. The van der Waals surface area contributed by atoms with Crippen molar-refractivity contribution >= 4 is 26.0 Å². The van der Waals surface area contributed by atoms with E-state index in [2.05, 4.69) is 20.7 Å². The molecule has 1 rings (SSSR count). The first-order chi connectivity index (χ1) is 10.0. The van der Waals surface area contributed by atoms with E-state index >= 15 is 0 Å². The average Bonchev–Trinajstić information content (AvgIpc) is 2.45. The number of nitrogens with one attached hydrogen (secondary N) is 1. The molecular formula is C14H22BrNO4S. The number of hydrogen-bond acceptors (Lipinski definition) is 4. The fourth-order valence-electron chi connectivity index (χ4n) is 1.84. The van der Waals surface area contributed by atoms with Crippen molar-refractivity contribution in [2.45, 2.75) is 37.5 Å². The minimum absolute atomic E-state index is 0.147. The number of halogens is 1. The molecule has 1 aromatic carbocycles. The maximum Gasteiger partial charge on any atom is 0.244 e. The van der Waals surface area contributed by atoms with Crippen LogP contribution in [0.15, 0.2) is 27.6 Å². The summed E-state index contributed by atoms with van der Waals surface area (Å²) >= 11 is 3.28. The van der Waals surface area contributed by atoms with Gasteiger partial charge in [0.1, 0.15) is 10.6 Å². The van der Waals surface area contributed by atoms with E-state index in [0.29, 0.717) is 23.4 Å². The van der Waals surface area contributed by atoms with Gasteiger partial charge in [0, 0.05) is 17.6 Å². The highest BCUT2D eigenvalue weighted by Gasteiger charge is 2.19. The first-order valence-corrected chi connectivity index (χ1v) is 9.31. The van der Waals surface area contributed by atoms with E-state index in [-0.39, 0.29) is 11.5 Å². The lowest BCUT2D eigenvalue weighted by atomic mass is 10.2. The molecule has 2 N–H and O–H groups in total. The molecule has 1 aromatic rings. The van der Waals surface area contributed by atoms with Crippen LogP contribution in [0.2, 0.25) is 0 Å². The van der Waals surface area contributed by atoms with Crippen LogP contribution in [-0.2, 0) is 10.0 Å². The molecule has 5 nitrogen and oxygen atoms in total. The van der Waals surface area contributed by atoms with Gasteiger partial charge in [-0.25, -0.2) is 13.1 Å². The zero-order valence-corrected chi connectivity index (χ0v) is 14.5. The monoisotopic (exact) mass is 379 g/mol. The molecule has 0 unspecified atom stereocenters. The van der Waals surface area contributed by atoms with Crippen molar-refractivity contribution in [3.63, 3.8) is 0 Å². The van der Waals surface area contributed by atoms with E-state index in [1.807, 2.05) is 6.92 Å². The van der Waals surface area contributed by atoms with Crippen LogP contribution in [-0.4, -0.2) is 33.3 Å². The molecule has 0 aliphatic heterocycles. The van der Waals surface area contributed by atoms with Crippen LogP contribution < -0.4 is 9.46 Å². The highest BCUT2D eigenvalue weighted by Crippen LogP contribution is 2.27. The van der Waals surface area contributed by atoms with Crippen molar-refractivity contribution in [1.82, 2.24) is 4.72 Å².